The van der Waals surface area contributed by atoms with E-state index in [2.05, 4.69) is 5.32 Å². The Morgan fingerprint density at radius 1 is 1.00 bits per heavy atom. The van der Waals surface area contributed by atoms with Crippen molar-refractivity contribution < 1.29 is 19.4 Å². The van der Waals surface area contributed by atoms with E-state index in [0.29, 0.717) is 0 Å². The first kappa shape index (κ1) is 17.2. The summed E-state index contributed by atoms with van der Waals surface area (Å²) in [6, 6.07) is 18.5. The number of hydrogen-bond acceptors (Lipinski definition) is 3. The number of carbonyl (C=O) groups is 2. The minimum atomic E-state index is -0.987. The largest absolute Gasteiger partial charge is 0.480 e. The lowest BCUT2D eigenvalue weighted by Crippen LogP contribution is -2.44. The van der Waals surface area contributed by atoms with Gasteiger partial charge in [0, 0.05) is 0 Å². The molecule has 1 amide bonds. The summed E-state index contributed by atoms with van der Waals surface area (Å²) >= 11 is 0. The first-order valence-electron chi connectivity index (χ1n) is 8.39. The third-order valence-electron chi connectivity index (χ3n) is 4.26. The average molecular weight is 339 g/mol. The molecule has 2 aromatic rings. The molecule has 1 aliphatic rings. The van der Waals surface area contributed by atoms with Gasteiger partial charge < -0.3 is 15.2 Å². The van der Waals surface area contributed by atoms with Gasteiger partial charge in [0.25, 0.3) is 0 Å². The molecule has 130 valence electrons. The number of amides is 1. The fourth-order valence-corrected chi connectivity index (χ4v) is 2.83. The number of ether oxygens (including phenoxy) is 1. The Hall–Kier alpha value is -2.66. The maximum absolute atomic E-state index is 12.2. The van der Waals surface area contributed by atoms with Crippen LogP contribution in [0.1, 0.15) is 30.1 Å². The van der Waals surface area contributed by atoms with Crippen LogP contribution >= 0.6 is 0 Å². The highest BCUT2D eigenvalue weighted by Crippen LogP contribution is 2.32. The van der Waals surface area contributed by atoms with Crippen LogP contribution in [-0.4, -0.2) is 29.6 Å². The molecule has 0 spiro atoms. The Labute approximate surface area is 146 Å². The summed E-state index contributed by atoms with van der Waals surface area (Å²) in [6.45, 7) is -0.190. The first-order chi connectivity index (χ1) is 12.1. The quantitative estimate of drug-likeness (QED) is 0.775. The predicted octanol–water partition coefficient (Wildman–Crippen LogP) is 2.77. The Morgan fingerprint density at radius 3 is 1.96 bits per heavy atom. The van der Waals surface area contributed by atoms with Gasteiger partial charge in [-0.25, -0.2) is 4.79 Å². The minimum absolute atomic E-state index is 0.0421. The molecule has 25 heavy (non-hydrogen) atoms. The zero-order chi connectivity index (χ0) is 17.6. The van der Waals surface area contributed by atoms with E-state index < -0.39 is 17.9 Å². The number of carboxylic acid groups (broad SMARTS) is 1. The summed E-state index contributed by atoms with van der Waals surface area (Å²) in [6.07, 6.45) is 1.31. The number of hydrogen-bond donors (Lipinski definition) is 2. The molecule has 0 aromatic heterocycles. The molecular formula is C20H21NO4. The Kier molecular flexibility index (Phi) is 5.46. The zero-order valence-electron chi connectivity index (χ0n) is 13.8. The van der Waals surface area contributed by atoms with Crippen molar-refractivity contribution in [3.8, 4) is 0 Å². The molecule has 5 heteroatoms. The number of carbonyl (C=O) groups excluding carboxylic acids is 1. The van der Waals surface area contributed by atoms with Crippen molar-refractivity contribution in [2.75, 3.05) is 6.61 Å². The van der Waals surface area contributed by atoms with Crippen molar-refractivity contribution in [2.24, 2.45) is 5.92 Å². The lowest BCUT2D eigenvalue weighted by molar-refractivity contribution is -0.143. The highest BCUT2D eigenvalue weighted by Gasteiger charge is 2.37. The molecule has 2 N–H and O–H groups in total. The molecule has 1 atom stereocenters. The van der Waals surface area contributed by atoms with Gasteiger partial charge in [-0.3, -0.25) is 4.79 Å². The van der Waals surface area contributed by atoms with Crippen molar-refractivity contribution in [1.82, 2.24) is 5.32 Å². The van der Waals surface area contributed by atoms with Gasteiger partial charge in [-0.05, 0) is 29.9 Å². The second-order valence-corrected chi connectivity index (χ2v) is 6.23. The minimum Gasteiger partial charge on any atom is -0.480 e. The van der Waals surface area contributed by atoms with Gasteiger partial charge in [0.2, 0.25) is 5.91 Å². The van der Waals surface area contributed by atoms with Crippen molar-refractivity contribution >= 4 is 11.9 Å². The Bertz CT molecular complexity index is 673. The molecule has 0 radical (unpaired) electrons. The number of aliphatic carboxylic acids is 1. The topological polar surface area (TPSA) is 75.6 Å². The van der Waals surface area contributed by atoms with Gasteiger partial charge in [0.05, 0.1) is 0 Å². The highest BCUT2D eigenvalue weighted by atomic mass is 16.5. The van der Waals surface area contributed by atoms with E-state index in [9.17, 15) is 14.7 Å². The highest BCUT2D eigenvalue weighted by molar-refractivity contribution is 5.84. The van der Waals surface area contributed by atoms with E-state index in [0.717, 1.165) is 24.0 Å². The van der Waals surface area contributed by atoms with Gasteiger partial charge in [0.15, 0.2) is 0 Å². The normalized spacial score (nSPS) is 14.9. The predicted molar refractivity (Wildman–Crippen MR) is 93.0 cm³/mol. The van der Waals surface area contributed by atoms with Crippen LogP contribution in [0.15, 0.2) is 60.7 Å². The summed E-state index contributed by atoms with van der Waals surface area (Å²) in [5.74, 6) is -1.35. The van der Waals surface area contributed by atoms with Crippen LogP contribution < -0.4 is 5.32 Å². The van der Waals surface area contributed by atoms with Crippen molar-refractivity contribution in [3.05, 3.63) is 71.8 Å². The fraction of sp³-hybridized carbons (Fsp3) is 0.300. The first-order valence-corrected chi connectivity index (χ1v) is 8.39. The van der Waals surface area contributed by atoms with E-state index in [1.165, 1.54) is 0 Å². The van der Waals surface area contributed by atoms with Crippen LogP contribution in [0.2, 0.25) is 0 Å². The second-order valence-electron chi connectivity index (χ2n) is 6.23. The van der Waals surface area contributed by atoms with Crippen LogP contribution in [0, 0.1) is 5.92 Å². The standard InChI is InChI=1S/C20H21NO4/c22-17(21-18(20(23)24)14-11-12-14)13-25-19(15-7-3-1-4-8-15)16-9-5-2-6-10-16/h1-10,14,18-19H,11-13H2,(H,21,22)(H,23,24). The fourth-order valence-electron chi connectivity index (χ4n) is 2.83. The number of benzene rings is 2. The number of rotatable bonds is 8. The van der Waals surface area contributed by atoms with Crippen LogP contribution in [0.3, 0.4) is 0 Å². The molecule has 2 aromatic carbocycles. The van der Waals surface area contributed by atoms with Crippen molar-refractivity contribution in [2.45, 2.75) is 25.0 Å². The third-order valence-corrected chi connectivity index (χ3v) is 4.26. The van der Waals surface area contributed by atoms with Gasteiger partial charge in [-0.15, -0.1) is 0 Å². The summed E-state index contributed by atoms with van der Waals surface area (Å²) in [5, 5.41) is 11.8. The van der Waals surface area contributed by atoms with Gasteiger partial charge in [0.1, 0.15) is 18.8 Å². The maximum atomic E-state index is 12.2. The Balaban J connectivity index is 1.66. The smallest absolute Gasteiger partial charge is 0.326 e. The maximum Gasteiger partial charge on any atom is 0.326 e. The second kappa shape index (κ2) is 7.94. The van der Waals surface area contributed by atoms with Gasteiger partial charge in [-0.2, -0.15) is 0 Å². The Morgan fingerprint density at radius 2 is 1.52 bits per heavy atom. The molecule has 0 saturated heterocycles. The number of carboxylic acids is 1. The monoisotopic (exact) mass is 339 g/mol. The summed E-state index contributed by atoms with van der Waals surface area (Å²) in [7, 11) is 0. The van der Waals surface area contributed by atoms with Gasteiger partial charge in [-0.1, -0.05) is 60.7 Å². The van der Waals surface area contributed by atoms with Crippen molar-refractivity contribution in [1.29, 1.82) is 0 Å². The molecule has 1 saturated carbocycles. The van der Waals surface area contributed by atoms with Crippen LogP contribution in [0.4, 0.5) is 0 Å². The van der Waals surface area contributed by atoms with Crippen molar-refractivity contribution in [3.63, 3.8) is 0 Å². The van der Waals surface area contributed by atoms with Crippen LogP contribution in [0.5, 0.6) is 0 Å². The van der Waals surface area contributed by atoms with E-state index in [1.807, 2.05) is 60.7 Å². The lowest BCUT2D eigenvalue weighted by Gasteiger charge is -2.20. The molecule has 3 rings (SSSR count). The third kappa shape index (κ3) is 4.67. The molecule has 1 unspecified atom stereocenters. The molecular weight excluding hydrogens is 318 g/mol. The van der Waals surface area contributed by atoms with Gasteiger partial charge >= 0.3 is 5.97 Å². The molecule has 5 nitrogen and oxygen atoms in total. The molecule has 0 heterocycles. The summed E-state index contributed by atoms with van der Waals surface area (Å²) in [4.78, 5) is 23.4. The SMILES string of the molecule is O=C(COC(c1ccccc1)c1ccccc1)NC(C(=O)O)C1CC1. The molecule has 1 aliphatic carbocycles. The van der Waals surface area contributed by atoms with E-state index >= 15 is 0 Å². The molecule has 1 fully saturated rings. The lowest BCUT2D eigenvalue weighted by atomic mass is 10.0. The average Bonchev–Trinajstić information content (AvgIpc) is 3.46. The number of nitrogens with one attached hydrogen (secondary N) is 1. The van der Waals surface area contributed by atoms with Crippen LogP contribution in [-0.2, 0) is 14.3 Å². The zero-order valence-corrected chi connectivity index (χ0v) is 13.8. The molecule has 0 bridgehead atoms. The van der Waals surface area contributed by atoms with Crippen LogP contribution in [0.25, 0.3) is 0 Å². The van der Waals surface area contributed by atoms with E-state index in [1.54, 1.807) is 0 Å². The van der Waals surface area contributed by atoms with E-state index in [4.69, 9.17) is 4.74 Å². The summed E-state index contributed by atoms with van der Waals surface area (Å²) in [5.41, 5.74) is 1.89. The summed E-state index contributed by atoms with van der Waals surface area (Å²) < 4.78 is 5.85. The van der Waals surface area contributed by atoms with E-state index in [-0.39, 0.29) is 18.6 Å². The molecule has 0 aliphatic heterocycles.